The summed E-state index contributed by atoms with van der Waals surface area (Å²) >= 11 is 0. The first-order chi connectivity index (χ1) is 6.22. The number of methoxy groups -OCH3 is 1. The molecule has 1 heterocycles. The molecule has 0 aromatic heterocycles. The molecule has 3 nitrogen and oxygen atoms in total. The highest BCUT2D eigenvalue weighted by Gasteiger charge is 2.26. The van der Waals surface area contributed by atoms with Crippen LogP contribution >= 0.6 is 0 Å². The lowest BCUT2D eigenvalue weighted by atomic mass is 10.1. The molecule has 3 heteroatoms. The first-order valence-corrected chi connectivity index (χ1v) is 4.05. The minimum Gasteiger partial charge on any atom is -0.467 e. The standard InChI is InChI=1S/C10H13NO2/c1-4-7-6-9(10(12)13-3)11-8(7)5-2/h4-5,9,11H,1-2,6H2,3H3/t9-/m0/s1. The monoisotopic (exact) mass is 179 g/mol. The van der Waals surface area contributed by atoms with Gasteiger partial charge in [0.15, 0.2) is 0 Å². The molecule has 1 aliphatic rings. The number of hydrogen-bond donors (Lipinski definition) is 1. The fraction of sp³-hybridized carbons (Fsp3) is 0.300. The molecule has 0 aliphatic carbocycles. The van der Waals surface area contributed by atoms with Crippen LogP contribution in [0.1, 0.15) is 6.42 Å². The lowest BCUT2D eigenvalue weighted by Gasteiger charge is -2.08. The number of allylic oxidation sites excluding steroid dienone is 2. The average molecular weight is 179 g/mol. The van der Waals surface area contributed by atoms with Crippen LogP contribution in [0.4, 0.5) is 0 Å². The van der Waals surface area contributed by atoms with Gasteiger partial charge >= 0.3 is 5.97 Å². The zero-order valence-electron chi connectivity index (χ0n) is 7.67. The number of ether oxygens (including phenoxy) is 1. The third kappa shape index (κ3) is 1.80. The molecule has 0 unspecified atom stereocenters. The summed E-state index contributed by atoms with van der Waals surface area (Å²) in [5, 5.41) is 3.01. The van der Waals surface area contributed by atoms with Gasteiger partial charge in [-0.1, -0.05) is 19.2 Å². The Morgan fingerprint density at radius 2 is 2.31 bits per heavy atom. The van der Waals surface area contributed by atoms with Crippen LogP contribution in [0.15, 0.2) is 36.6 Å². The van der Waals surface area contributed by atoms with Crippen LogP contribution in [0.2, 0.25) is 0 Å². The summed E-state index contributed by atoms with van der Waals surface area (Å²) in [5.74, 6) is -0.254. The van der Waals surface area contributed by atoms with Crippen molar-refractivity contribution in [1.29, 1.82) is 0 Å². The maximum absolute atomic E-state index is 11.2. The highest BCUT2D eigenvalue weighted by atomic mass is 16.5. The van der Waals surface area contributed by atoms with Crippen molar-refractivity contribution in [2.45, 2.75) is 12.5 Å². The number of esters is 1. The van der Waals surface area contributed by atoms with Gasteiger partial charge in [0.1, 0.15) is 6.04 Å². The normalized spacial score (nSPS) is 20.8. The number of hydrogen-bond acceptors (Lipinski definition) is 3. The predicted octanol–water partition coefficient (Wildman–Crippen LogP) is 1.15. The van der Waals surface area contributed by atoms with Crippen molar-refractivity contribution >= 4 is 5.97 Å². The second kappa shape index (κ2) is 3.94. The Morgan fingerprint density at radius 3 is 2.69 bits per heavy atom. The molecule has 0 spiro atoms. The molecule has 0 aromatic carbocycles. The van der Waals surface area contributed by atoms with Gasteiger partial charge in [0.05, 0.1) is 7.11 Å². The van der Waals surface area contributed by atoms with Gasteiger partial charge in [0.2, 0.25) is 0 Å². The molecule has 0 saturated heterocycles. The molecule has 0 aromatic rings. The van der Waals surface area contributed by atoms with Crippen LogP contribution in [0.3, 0.4) is 0 Å². The predicted molar refractivity (Wildman–Crippen MR) is 51.0 cm³/mol. The lowest BCUT2D eigenvalue weighted by molar-refractivity contribution is -0.142. The topological polar surface area (TPSA) is 38.3 Å². The van der Waals surface area contributed by atoms with Gasteiger partial charge in [-0.3, -0.25) is 0 Å². The zero-order chi connectivity index (χ0) is 9.84. The fourth-order valence-electron chi connectivity index (χ4n) is 1.33. The van der Waals surface area contributed by atoms with Crippen LogP contribution in [0, 0.1) is 0 Å². The quantitative estimate of drug-likeness (QED) is 0.660. The van der Waals surface area contributed by atoms with E-state index in [1.807, 2.05) is 0 Å². The largest absolute Gasteiger partial charge is 0.467 e. The van der Waals surface area contributed by atoms with E-state index in [1.54, 1.807) is 12.2 Å². The molecule has 1 rings (SSSR count). The Balaban J connectivity index is 2.72. The summed E-state index contributed by atoms with van der Waals surface area (Å²) in [6.07, 6.45) is 4.03. The van der Waals surface area contributed by atoms with E-state index in [2.05, 4.69) is 23.2 Å². The molecule has 0 saturated carbocycles. The molecule has 0 fully saturated rings. The van der Waals surface area contributed by atoms with Gasteiger partial charge in [-0.2, -0.15) is 0 Å². The zero-order valence-corrected chi connectivity index (χ0v) is 7.67. The number of carbonyl (C=O) groups is 1. The van der Waals surface area contributed by atoms with E-state index in [0.717, 1.165) is 11.3 Å². The summed E-state index contributed by atoms with van der Waals surface area (Å²) in [7, 11) is 1.38. The molecule has 1 aliphatic heterocycles. The molecule has 13 heavy (non-hydrogen) atoms. The summed E-state index contributed by atoms with van der Waals surface area (Å²) in [6.45, 7) is 7.30. The molecule has 1 N–H and O–H groups in total. The summed E-state index contributed by atoms with van der Waals surface area (Å²) in [4.78, 5) is 11.2. The van der Waals surface area contributed by atoms with Gasteiger partial charge in [0, 0.05) is 12.1 Å². The minimum atomic E-state index is -0.286. The molecule has 1 atom stereocenters. The van der Waals surface area contributed by atoms with Crippen molar-refractivity contribution in [3.05, 3.63) is 36.6 Å². The maximum Gasteiger partial charge on any atom is 0.328 e. The van der Waals surface area contributed by atoms with Gasteiger partial charge in [-0.25, -0.2) is 4.79 Å². The van der Waals surface area contributed by atoms with Crippen molar-refractivity contribution in [2.24, 2.45) is 0 Å². The lowest BCUT2D eigenvalue weighted by Crippen LogP contribution is -2.32. The van der Waals surface area contributed by atoms with E-state index < -0.39 is 0 Å². The fourth-order valence-corrected chi connectivity index (χ4v) is 1.33. The Hall–Kier alpha value is -1.51. The van der Waals surface area contributed by atoms with Crippen LogP contribution in [-0.2, 0) is 9.53 Å². The molecule has 70 valence electrons. The first kappa shape index (κ1) is 9.58. The number of carbonyl (C=O) groups excluding carboxylic acids is 1. The molecular formula is C10H13NO2. The van der Waals surface area contributed by atoms with Gasteiger partial charge in [-0.05, 0) is 11.6 Å². The number of nitrogens with one attached hydrogen (secondary N) is 1. The van der Waals surface area contributed by atoms with E-state index in [1.165, 1.54) is 7.11 Å². The third-order valence-electron chi connectivity index (χ3n) is 2.04. The molecule has 0 radical (unpaired) electrons. The molecule has 0 bridgehead atoms. The molecular weight excluding hydrogens is 166 g/mol. The van der Waals surface area contributed by atoms with Crippen LogP contribution in [0.25, 0.3) is 0 Å². The minimum absolute atomic E-state index is 0.254. The third-order valence-corrected chi connectivity index (χ3v) is 2.04. The van der Waals surface area contributed by atoms with Gasteiger partial charge in [-0.15, -0.1) is 0 Å². The van der Waals surface area contributed by atoms with Crippen molar-refractivity contribution in [3.63, 3.8) is 0 Å². The average Bonchev–Trinajstić information content (AvgIpc) is 2.59. The van der Waals surface area contributed by atoms with E-state index in [-0.39, 0.29) is 12.0 Å². The Labute approximate surface area is 77.8 Å². The van der Waals surface area contributed by atoms with Gasteiger partial charge in [0.25, 0.3) is 0 Å². The van der Waals surface area contributed by atoms with Crippen LogP contribution in [0.5, 0.6) is 0 Å². The Bertz CT molecular complexity index is 259. The smallest absolute Gasteiger partial charge is 0.328 e. The summed E-state index contributed by atoms with van der Waals surface area (Å²) in [5.41, 5.74) is 1.87. The Morgan fingerprint density at radius 1 is 1.62 bits per heavy atom. The summed E-state index contributed by atoms with van der Waals surface area (Å²) < 4.78 is 4.62. The first-order valence-electron chi connectivity index (χ1n) is 4.05. The van der Waals surface area contributed by atoms with E-state index in [9.17, 15) is 4.79 Å². The Kier molecular flexibility index (Phi) is 2.90. The second-order valence-corrected chi connectivity index (χ2v) is 2.77. The highest BCUT2D eigenvalue weighted by Crippen LogP contribution is 2.20. The summed E-state index contributed by atoms with van der Waals surface area (Å²) in [6, 6.07) is -0.286. The second-order valence-electron chi connectivity index (χ2n) is 2.77. The van der Waals surface area contributed by atoms with Crippen molar-refractivity contribution < 1.29 is 9.53 Å². The molecule has 0 amide bonds. The van der Waals surface area contributed by atoms with Crippen LogP contribution < -0.4 is 5.32 Å². The van der Waals surface area contributed by atoms with Gasteiger partial charge < -0.3 is 10.1 Å². The van der Waals surface area contributed by atoms with E-state index in [0.29, 0.717) is 6.42 Å². The maximum atomic E-state index is 11.2. The van der Waals surface area contributed by atoms with E-state index >= 15 is 0 Å². The number of rotatable bonds is 3. The van der Waals surface area contributed by atoms with E-state index in [4.69, 9.17) is 0 Å². The van der Waals surface area contributed by atoms with Crippen molar-refractivity contribution in [1.82, 2.24) is 5.32 Å². The SMILES string of the molecule is C=CC1=C(C=C)N[C@H](C(=O)OC)C1. The van der Waals surface area contributed by atoms with Crippen molar-refractivity contribution in [3.8, 4) is 0 Å². The highest BCUT2D eigenvalue weighted by molar-refractivity contribution is 5.77. The van der Waals surface area contributed by atoms with Crippen LogP contribution in [-0.4, -0.2) is 19.1 Å². The van der Waals surface area contributed by atoms with Crippen molar-refractivity contribution in [2.75, 3.05) is 7.11 Å².